The summed E-state index contributed by atoms with van der Waals surface area (Å²) in [4.78, 5) is 6.74. The Bertz CT molecular complexity index is 534. The molecular weight excluding hydrogens is 252 g/mol. The fourth-order valence-electron chi connectivity index (χ4n) is 1.77. The van der Waals surface area contributed by atoms with Gasteiger partial charge in [-0.15, -0.1) is 0 Å². The number of rotatable bonds is 2. The van der Waals surface area contributed by atoms with Crippen molar-refractivity contribution in [3.63, 3.8) is 0 Å². The second kappa shape index (κ2) is 4.08. The van der Waals surface area contributed by atoms with E-state index in [1.807, 2.05) is 6.07 Å². The second-order valence-corrected chi connectivity index (χ2v) is 4.47. The standard InChI is InChI=1S/C12H11BrN2/c1-8-10-7-9(13)3-4-12(10)15-11(8)5-6-14-2/h3-4,7,15H,5-6H2,1H3. The van der Waals surface area contributed by atoms with E-state index in [9.17, 15) is 0 Å². The first-order valence-corrected chi connectivity index (χ1v) is 5.61. The lowest BCUT2D eigenvalue weighted by atomic mass is 10.1. The molecule has 3 heteroatoms. The van der Waals surface area contributed by atoms with E-state index in [0.717, 1.165) is 16.4 Å². The van der Waals surface area contributed by atoms with E-state index < -0.39 is 0 Å². The number of aromatic amines is 1. The highest BCUT2D eigenvalue weighted by atomic mass is 79.9. The average Bonchev–Trinajstić information content (AvgIpc) is 2.53. The number of hydrogen-bond acceptors (Lipinski definition) is 0. The van der Waals surface area contributed by atoms with Crippen LogP contribution in [0.5, 0.6) is 0 Å². The molecule has 0 fully saturated rings. The minimum Gasteiger partial charge on any atom is -0.358 e. The largest absolute Gasteiger partial charge is 0.358 e. The number of nitrogens with zero attached hydrogens (tertiary/aromatic N) is 1. The van der Waals surface area contributed by atoms with Crippen LogP contribution in [0.2, 0.25) is 0 Å². The Morgan fingerprint density at radius 1 is 1.47 bits per heavy atom. The number of halogens is 1. The quantitative estimate of drug-likeness (QED) is 0.797. The Balaban J connectivity index is 2.50. The highest BCUT2D eigenvalue weighted by Crippen LogP contribution is 2.25. The minimum absolute atomic E-state index is 0.550. The zero-order valence-corrected chi connectivity index (χ0v) is 10.1. The highest BCUT2D eigenvalue weighted by Gasteiger charge is 2.08. The Kier molecular flexibility index (Phi) is 2.79. The van der Waals surface area contributed by atoms with Gasteiger partial charge in [-0.1, -0.05) is 15.9 Å². The third kappa shape index (κ3) is 1.91. The fraction of sp³-hybridized carbons (Fsp3) is 0.250. The Morgan fingerprint density at radius 2 is 2.27 bits per heavy atom. The van der Waals surface area contributed by atoms with E-state index in [1.54, 1.807) is 0 Å². The molecule has 1 aromatic heterocycles. The maximum Gasteiger partial charge on any atom is 0.220 e. The number of nitrogens with one attached hydrogen (secondary N) is 1. The molecule has 1 aromatic carbocycles. The molecule has 0 spiro atoms. The van der Waals surface area contributed by atoms with Crippen LogP contribution in [0.25, 0.3) is 15.7 Å². The van der Waals surface area contributed by atoms with Crippen LogP contribution in [-0.4, -0.2) is 11.5 Å². The Hall–Kier alpha value is -1.27. The molecule has 76 valence electrons. The van der Waals surface area contributed by atoms with Crippen LogP contribution in [0.1, 0.15) is 11.3 Å². The first-order valence-electron chi connectivity index (χ1n) is 4.82. The summed E-state index contributed by atoms with van der Waals surface area (Å²) in [5.74, 6) is 0. The maximum atomic E-state index is 6.79. The van der Waals surface area contributed by atoms with Crippen LogP contribution in [0.4, 0.5) is 0 Å². The summed E-state index contributed by atoms with van der Waals surface area (Å²) >= 11 is 3.47. The van der Waals surface area contributed by atoms with Crippen LogP contribution in [0.15, 0.2) is 22.7 Å². The van der Waals surface area contributed by atoms with Gasteiger partial charge in [0.05, 0.1) is 6.42 Å². The molecule has 0 radical (unpaired) electrons. The van der Waals surface area contributed by atoms with Crippen molar-refractivity contribution in [3.05, 3.63) is 45.3 Å². The third-order valence-corrected chi connectivity index (χ3v) is 3.09. The third-order valence-electron chi connectivity index (χ3n) is 2.60. The molecule has 2 rings (SSSR count). The smallest absolute Gasteiger partial charge is 0.220 e. The van der Waals surface area contributed by atoms with Gasteiger partial charge in [0.1, 0.15) is 0 Å². The van der Waals surface area contributed by atoms with Crippen LogP contribution in [0, 0.1) is 13.5 Å². The molecular formula is C12H11BrN2. The second-order valence-electron chi connectivity index (χ2n) is 3.55. The lowest BCUT2D eigenvalue weighted by Crippen LogP contribution is -1.89. The van der Waals surface area contributed by atoms with E-state index in [1.165, 1.54) is 16.6 Å². The van der Waals surface area contributed by atoms with Crippen LogP contribution in [0.3, 0.4) is 0 Å². The van der Waals surface area contributed by atoms with Crippen molar-refractivity contribution in [2.24, 2.45) is 0 Å². The van der Waals surface area contributed by atoms with Crippen molar-refractivity contribution >= 4 is 26.8 Å². The normalized spacial score (nSPS) is 10.5. The van der Waals surface area contributed by atoms with Gasteiger partial charge in [-0.05, 0) is 30.7 Å². The minimum atomic E-state index is 0.550. The van der Waals surface area contributed by atoms with Gasteiger partial charge in [0.15, 0.2) is 0 Å². The lowest BCUT2D eigenvalue weighted by Gasteiger charge is -1.93. The molecule has 0 aliphatic rings. The SMILES string of the molecule is [C-]#[N+]CCc1[nH]c2ccc(Br)cc2c1C. The molecule has 1 heterocycles. The number of fused-ring (bicyclic) bond motifs is 1. The molecule has 0 amide bonds. The number of H-pyrrole nitrogens is 1. The summed E-state index contributed by atoms with van der Waals surface area (Å²) in [5, 5.41) is 1.24. The predicted molar refractivity (Wildman–Crippen MR) is 65.9 cm³/mol. The molecule has 0 saturated carbocycles. The topological polar surface area (TPSA) is 20.1 Å². The van der Waals surface area contributed by atoms with Crippen molar-refractivity contribution in [2.45, 2.75) is 13.3 Å². The van der Waals surface area contributed by atoms with Crippen molar-refractivity contribution in [3.8, 4) is 0 Å². The van der Waals surface area contributed by atoms with Crippen molar-refractivity contribution in [2.75, 3.05) is 6.54 Å². The van der Waals surface area contributed by atoms with Crippen LogP contribution >= 0.6 is 15.9 Å². The van der Waals surface area contributed by atoms with Crippen molar-refractivity contribution in [1.82, 2.24) is 4.98 Å². The number of aryl methyl sites for hydroxylation is 1. The Labute approximate surface area is 97.3 Å². The van der Waals surface area contributed by atoms with Crippen LogP contribution < -0.4 is 0 Å². The van der Waals surface area contributed by atoms with Gasteiger partial charge in [0.25, 0.3) is 0 Å². The van der Waals surface area contributed by atoms with Crippen molar-refractivity contribution < 1.29 is 0 Å². The van der Waals surface area contributed by atoms with Gasteiger partial charge in [-0.3, -0.25) is 0 Å². The van der Waals surface area contributed by atoms with Gasteiger partial charge < -0.3 is 9.83 Å². The predicted octanol–water partition coefficient (Wildman–Crippen LogP) is 3.70. The zero-order chi connectivity index (χ0) is 10.8. The molecule has 0 atom stereocenters. The van der Waals surface area contributed by atoms with E-state index in [2.05, 4.69) is 44.8 Å². The zero-order valence-electron chi connectivity index (χ0n) is 8.47. The van der Waals surface area contributed by atoms with E-state index in [4.69, 9.17) is 6.57 Å². The highest BCUT2D eigenvalue weighted by molar-refractivity contribution is 9.10. The van der Waals surface area contributed by atoms with Gasteiger partial charge in [-0.25, -0.2) is 6.57 Å². The summed E-state index contributed by atoms with van der Waals surface area (Å²) in [6.45, 7) is 9.45. The summed E-state index contributed by atoms with van der Waals surface area (Å²) in [7, 11) is 0. The molecule has 0 aliphatic heterocycles. The van der Waals surface area contributed by atoms with Gasteiger partial charge in [-0.2, -0.15) is 0 Å². The summed E-state index contributed by atoms with van der Waals surface area (Å²) in [6.07, 6.45) is 0.807. The fourth-order valence-corrected chi connectivity index (χ4v) is 2.13. The number of hydrogen-bond donors (Lipinski definition) is 1. The molecule has 0 unspecified atom stereocenters. The summed E-state index contributed by atoms with van der Waals surface area (Å²) in [6, 6.07) is 6.20. The summed E-state index contributed by atoms with van der Waals surface area (Å²) < 4.78 is 1.09. The molecule has 0 saturated heterocycles. The Morgan fingerprint density at radius 3 is 3.00 bits per heavy atom. The van der Waals surface area contributed by atoms with Gasteiger partial charge in [0, 0.05) is 21.1 Å². The molecule has 2 nitrogen and oxygen atoms in total. The lowest BCUT2D eigenvalue weighted by molar-refractivity contribution is 1.01. The first kappa shape index (κ1) is 10.3. The molecule has 2 aromatic rings. The average molecular weight is 263 g/mol. The molecule has 0 aliphatic carbocycles. The monoisotopic (exact) mass is 262 g/mol. The maximum absolute atomic E-state index is 6.79. The van der Waals surface area contributed by atoms with E-state index >= 15 is 0 Å². The number of benzene rings is 1. The van der Waals surface area contributed by atoms with E-state index in [0.29, 0.717) is 6.54 Å². The van der Waals surface area contributed by atoms with Crippen molar-refractivity contribution in [1.29, 1.82) is 0 Å². The van der Waals surface area contributed by atoms with Gasteiger partial charge in [0.2, 0.25) is 6.54 Å². The first-order chi connectivity index (χ1) is 7.22. The van der Waals surface area contributed by atoms with E-state index in [-0.39, 0.29) is 0 Å². The summed E-state index contributed by atoms with van der Waals surface area (Å²) in [5.41, 5.74) is 3.59. The number of aromatic nitrogens is 1. The van der Waals surface area contributed by atoms with Gasteiger partial charge >= 0.3 is 0 Å². The molecule has 1 N–H and O–H groups in total. The molecule has 15 heavy (non-hydrogen) atoms. The molecule has 0 bridgehead atoms. The van der Waals surface area contributed by atoms with Crippen LogP contribution in [-0.2, 0) is 6.42 Å².